The zero-order valence-corrected chi connectivity index (χ0v) is 12.9. The number of hydrogen-bond acceptors (Lipinski definition) is 3. The maximum Gasteiger partial charge on any atom is 0.0366 e. The van der Waals surface area contributed by atoms with Gasteiger partial charge in [0.05, 0.1) is 0 Å². The Morgan fingerprint density at radius 2 is 1.67 bits per heavy atom. The summed E-state index contributed by atoms with van der Waals surface area (Å²) < 4.78 is 0. The molecule has 21 heavy (non-hydrogen) atoms. The van der Waals surface area contributed by atoms with Crippen molar-refractivity contribution >= 4 is 5.69 Å². The van der Waals surface area contributed by atoms with Gasteiger partial charge in [0.15, 0.2) is 0 Å². The molecule has 0 amide bonds. The molecule has 114 valence electrons. The minimum absolute atomic E-state index is 0.732. The molecule has 3 fully saturated rings. The summed E-state index contributed by atoms with van der Waals surface area (Å²) in [6.45, 7) is 5.06. The van der Waals surface area contributed by atoms with Gasteiger partial charge in [0.2, 0.25) is 0 Å². The van der Waals surface area contributed by atoms with Crippen LogP contribution in [0.1, 0.15) is 32.1 Å². The third-order valence-corrected chi connectivity index (χ3v) is 5.67. The van der Waals surface area contributed by atoms with Gasteiger partial charge in [-0.15, -0.1) is 0 Å². The second kappa shape index (κ2) is 5.98. The molecule has 3 nitrogen and oxygen atoms in total. The molecule has 2 atom stereocenters. The van der Waals surface area contributed by atoms with Gasteiger partial charge >= 0.3 is 0 Å². The van der Waals surface area contributed by atoms with Gasteiger partial charge in [-0.1, -0.05) is 18.2 Å². The van der Waals surface area contributed by atoms with E-state index in [4.69, 9.17) is 0 Å². The van der Waals surface area contributed by atoms with Gasteiger partial charge in [-0.2, -0.15) is 0 Å². The van der Waals surface area contributed by atoms with Crippen molar-refractivity contribution in [3.63, 3.8) is 0 Å². The highest BCUT2D eigenvalue weighted by Crippen LogP contribution is 2.29. The van der Waals surface area contributed by atoms with Crippen molar-refractivity contribution in [2.24, 2.45) is 0 Å². The fourth-order valence-electron chi connectivity index (χ4n) is 4.52. The van der Waals surface area contributed by atoms with E-state index in [0.29, 0.717) is 0 Å². The molecule has 2 unspecified atom stereocenters. The van der Waals surface area contributed by atoms with Gasteiger partial charge in [0.25, 0.3) is 0 Å². The van der Waals surface area contributed by atoms with Crippen LogP contribution < -0.4 is 10.2 Å². The number of anilines is 1. The topological polar surface area (TPSA) is 18.5 Å². The summed E-state index contributed by atoms with van der Waals surface area (Å²) in [5.74, 6) is 0. The van der Waals surface area contributed by atoms with Crippen LogP contribution in [-0.2, 0) is 0 Å². The summed E-state index contributed by atoms with van der Waals surface area (Å²) in [5, 5.41) is 3.99. The molecule has 1 N–H and O–H groups in total. The van der Waals surface area contributed by atoms with Crippen LogP contribution in [0.15, 0.2) is 30.3 Å². The van der Waals surface area contributed by atoms with E-state index in [2.05, 4.69) is 45.4 Å². The van der Waals surface area contributed by atoms with Gasteiger partial charge in [0.1, 0.15) is 0 Å². The number of hydrogen-bond donors (Lipinski definition) is 1. The van der Waals surface area contributed by atoms with Gasteiger partial charge < -0.3 is 10.2 Å². The molecular weight excluding hydrogens is 258 g/mol. The van der Waals surface area contributed by atoms with Crippen LogP contribution in [0.4, 0.5) is 5.69 Å². The molecule has 3 heteroatoms. The molecule has 1 aromatic rings. The number of piperidine rings is 1. The zero-order chi connectivity index (χ0) is 14.1. The molecule has 0 aromatic heterocycles. The number of para-hydroxylation sites is 1. The molecule has 3 heterocycles. The Labute approximate surface area is 128 Å². The third kappa shape index (κ3) is 2.82. The standard InChI is InChI=1S/C18H27N3/c1-2-5-16(6-3-1)20-12-8-15(9-13-20)19-17-10-14-21-11-4-7-18(17)21/h1-3,5-6,15,17-19H,4,7-14H2. The van der Waals surface area contributed by atoms with Crippen LogP contribution in [0.2, 0.25) is 0 Å². The molecule has 3 aliphatic rings. The second-order valence-electron chi connectivity index (χ2n) is 6.90. The van der Waals surface area contributed by atoms with Crippen LogP contribution >= 0.6 is 0 Å². The van der Waals surface area contributed by atoms with E-state index < -0.39 is 0 Å². The molecule has 1 aromatic carbocycles. The van der Waals surface area contributed by atoms with Crippen LogP contribution in [0, 0.1) is 0 Å². The fraction of sp³-hybridized carbons (Fsp3) is 0.667. The van der Waals surface area contributed by atoms with Gasteiger partial charge in [-0.3, -0.25) is 4.90 Å². The molecule has 0 aliphatic carbocycles. The van der Waals surface area contributed by atoms with Crippen LogP contribution in [0.25, 0.3) is 0 Å². The summed E-state index contributed by atoms with van der Waals surface area (Å²) in [6, 6.07) is 13.2. The number of rotatable bonds is 3. The van der Waals surface area contributed by atoms with Crippen molar-refractivity contribution in [3.05, 3.63) is 30.3 Å². The first kappa shape index (κ1) is 13.6. The lowest BCUT2D eigenvalue weighted by Crippen LogP contribution is -2.49. The maximum absolute atomic E-state index is 3.99. The quantitative estimate of drug-likeness (QED) is 0.920. The van der Waals surface area contributed by atoms with E-state index in [-0.39, 0.29) is 0 Å². The van der Waals surface area contributed by atoms with E-state index in [9.17, 15) is 0 Å². The second-order valence-corrected chi connectivity index (χ2v) is 6.90. The van der Waals surface area contributed by atoms with E-state index in [1.165, 1.54) is 64.0 Å². The van der Waals surface area contributed by atoms with Crippen LogP contribution in [-0.4, -0.2) is 49.2 Å². The predicted octanol–water partition coefficient (Wildman–Crippen LogP) is 2.48. The molecule has 0 bridgehead atoms. The highest BCUT2D eigenvalue weighted by atomic mass is 15.2. The smallest absolute Gasteiger partial charge is 0.0366 e. The van der Waals surface area contributed by atoms with Crippen molar-refractivity contribution in [1.82, 2.24) is 10.2 Å². The average Bonchev–Trinajstić information content (AvgIpc) is 3.14. The molecule has 3 aliphatic heterocycles. The van der Waals surface area contributed by atoms with E-state index in [1.807, 2.05) is 0 Å². The van der Waals surface area contributed by atoms with Gasteiger partial charge in [-0.25, -0.2) is 0 Å². The lowest BCUT2D eigenvalue weighted by molar-refractivity contribution is 0.278. The number of fused-ring (bicyclic) bond motifs is 1. The summed E-state index contributed by atoms with van der Waals surface area (Å²) in [6.07, 6.45) is 6.77. The lowest BCUT2D eigenvalue weighted by Gasteiger charge is -2.36. The van der Waals surface area contributed by atoms with Crippen LogP contribution in [0.3, 0.4) is 0 Å². The summed E-state index contributed by atoms with van der Waals surface area (Å²) >= 11 is 0. The van der Waals surface area contributed by atoms with Crippen molar-refractivity contribution in [1.29, 1.82) is 0 Å². The Balaban J connectivity index is 1.30. The number of nitrogens with one attached hydrogen (secondary N) is 1. The van der Waals surface area contributed by atoms with Crippen molar-refractivity contribution in [2.45, 2.75) is 50.2 Å². The van der Waals surface area contributed by atoms with E-state index >= 15 is 0 Å². The normalized spacial score (nSPS) is 30.8. The Kier molecular flexibility index (Phi) is 3.87. The minimum atomic E-state index is 0.732. The highest BCUT2D eigenvalue weighted by molar-refractivity contribution is 5.46. The molecule has 4 rings (SSSR count). The molecular formula is C18H27N3. The first-order valence-electron chi connectivity index (χ1n) is 8.70. The van der Waals surface area contributed by atoms with E-state index in [1.54, 1.807) is 0 Å². The van der Waals surface area contributed by atoms with Gasteiger partial charge in [-0.05, 0) is 50.8 Å². The first-order chi connectivity index (χ1) is 10.4. The van der Waals surface area contributed by atoms with Crippen molar-refractivity contribution < 1.29 is 0 Å². The predicted molar refractivity (Wildman–Crippen MR) is 87.8 cm³/mol. The first-order valence-corrected chi connectivity index (χ1v) is 8.70. The average molecular weight is 285 g/mol. The Bertz CT molecular complexity index is 453. The Hall–Kier alpha value is -1.06. The molecule has 0 spiro atoms. The minimum Gasteiger partial charge on any atom is -0.371 e. The monoisotopic (exact) mass is 285 g/mol. The van der Waals surface area contributed by atoms with Crippen LogP contribution in [0.5, 0.6) is 0 Å². The number of benzene rings is 1. The van der Waals surface area contributed by atoms with Crippen molar-refractivity contribution in [2.75, 3.05) is 31.1 Å². The van der Waals surface area contributed by atoms with Crippen molar-refractivity contribution in [3.8, 4) is 0 Å². The molecule has 0 radical (unpaired) electrons. The molecule has 3 saturated heterocycles. The van der Waals surface area contributed by atoms with Gasteiger partial charge in [0, 0.05) is 43.4 Å². The Morgan fingerprint density at radius 1 is 0.857 bits per heavy atom. The number of nitrogens with zero attached hydrogens (tertiary/aromatic N) is 2. The maximum atomic E-state index is 3.99. The SMILES string of the molecule is c1ccc(N2CCC(NC3CCN4CCCC34)CC2)cc1. The third-order valence-electron chi connectivity index (χ3n) is 5.67. The summed E-state index contributed by atoms with van der Waals surface area (Å²) in [5.41, 5.74) is 1.39. The summed E-state index contributed by atoms with van der Waals surface area (Å²) in [7, 11) is 0. The Morgan fingerprint density at radius 3 is 2.48 bits per heavy atom. The molecule has 0 saturated carbocycles. The lowest BCUT2D eigenvalue weighted by atomic mass is 10.00. The zero-order valence-electron chi connectivity index (χ0n) is 12.9. The summed E-state index contributed by atoms with van der Waals surface area (Å²) in [4.78, 5) is 5.24. The largest absolute Gasteiger partial charge is 0.371 e. The van der Waals surface area contributed by atoms with E-state index in [0.717, 1.165) is 18.1 Å². The highest BCUT2D eigenvalue weighted by Gasteiger charge is 2.38. The fourth-order valence-corrected chi connectivity index (χ4v) is 4.52.